The third-order valence-electron chi connectivity index (χ3n) is 9.01. The van der Waals surface area contributed by atoms with Gasteiger partial charge < -0.3 is 0 Å². The highest BCUT2D eigenvalue weighted by Crippen LogP contribution is 2.40. The van der Waals surface area contributed by atoms with Crippen LogP contribution in [0.4, 0.5) is 4.39 Å². The summed E-state index contributed by atoms with van der Waals surface area (Å²) in [5, 5.41) is 0. The summed E-state index contributed by atoms with van der Waals surface area (Å²) in [6.45, 7) is 2.14. The normalized spacial score (nSPS) is 25.4. The van der Waals surface area contributed by atoms with E-state index in [1.165, 1.54) is 93.7 Å². The minimum Gasteiger partial charge on any atom is -0.251 e. The predicted octanol–water partition coefficient (Wildman–Crippen LogP) is 10.3. The molecule has 4 rings (SSSR count). The number of benzene rings is 2. The Balaban J connectivity index is 1.19. The zero-order valence-corrected chi connectivity index (χ0v) is 21.6. The first kappa shape index (κ1) is 25.5. The molecule has 0 atom stereocenters. The lowest BCUT2D eigenvalue weighted by atomic mass is 9.74. The highest BCUT2D eigenvalue weighted by Gasteiger charge is 2.25. The summed E-state index contributed by atoms with van der Waals surface area (Å²) in [5.41, 5.74) is 5.45. The average molecular weight is 463 g/mol. The molecule has 0 N–H and O–H groups in total. The van der Waals surface area contributed by atoms with E-state index >= 15 is 0 Å². The standard InChI is InChI=1S/C33H47F/c1-2-5-26-7-9-28(10-8-26)11-12-29-15-19-31(20-16-29)33-23-21-32(22-24-33)30-17-13-27(14-18-30)6-3-4-25-34/h13-14,17-18,21-24,26,28-29,31H,2-12,15-16,19-20,25H2,1H3/t26-,28-,29?,31?. The van der Waals surface area contributed by atoms with Crippen LogP contribution in [0.2, 0.25) is 0 Å². The fourth-order valence-corrected chi connectivity index (χ4v) is 6.71. The molecular weight excluding hydrogens is 415 g/mol. The Morgan fingerprint density at radius 1 is 0.618 bits per heavy atom. The Morgan fingerprint density at radius 3 is 1.65 bits per heavy atom. The summed E-state index contributed by atoms with van der Waals surface area (Å²) in [6, 6.07) is 18.2. The summed E-state index contributed by atoms with van der Waals surface area (Å²) < 4.78 is 12.3. The van der Waals surface area contributed by atoms with E-state index in [2.05, 4.69) is 55.5 Å². The lowest BCUT2D eigenvalue weighted by Crippen LogP contribution is -2.17. The van der Waals surface area contributed by atoms with Crippen molar-refractivity contribution in [1.29, 1.82) is 0 Å². The minimum absolute atomic E-state index is 0.202. The van der Waals surface area contributed by atoms with Gasteiger partial charge in [-0.1, -0.05) is 107 Å². The molecule has 2 aromatic carbocycles. The van der Waals surface area contributed by atoms with E-state index in [0.29, 0.717) is 6.42 Å². The molecule has 0 amide bonds. The molecule has 2 fully saturated rings. The number of alkyl halides is 1. The van der Waals surface area contributed by atoms with Gasteiger partial charge in [-0.2, -0.15) is 0 Å². The van der Waals surface area contributed by atoms with Crippen molar-refractivity contribution in [2.75, 3.05) is 6.67 Å². The maximum absolute atomic E-state index is 12.3. The Labute approximate surface area is 208 Å². The van der Waals surface area contributed by atoms with Crippen LogP contribution in [0.1, 0.15) is 114 Å². The number of unbranched alkanes of at least 4 members (excludes halogenated alkanes) is 1. The largest absolute Gasteiger partial charge is 0.251 e. The molecule has 2 aliphatic carbocycles. The third kappa shape index (κ3) is 7.43. The molecule has 186 valence electrons. The number of rotatable bonds is 11. The van der Waals surface area contributed by atoms with Crippen molar-refractivity contribution < 1.29 is 4.39 Å². The number of hydrogen-bond acceptors (Lipinski definition) is 0. The van der Waals surface area contributed by atoms with Crippen LogP contribution in [0.5, 0.6) is 0 Å². The monoisotopic (exact) mass is 462 g/mol. The highest BCUT2D eigenvalue weighted by molar-refractivity contribution is 5.64. The number of aryl methyl sites for hydroxylation is 1. The zero-order valence-electron chi connectivity index (χ0n) is 21.6. The molecular formula is C33H47F. The van der Waals surface area contributed by atoms with E-state index in [1.807, 2.05) is 0 Å². The second kappa shape index (κ2) is 13.5. The predicted molar refractivity (Wildman–Crippen MR) is 145 cm³/mol. The SMILES string of the molecule is CCC[C@H]1CC[C@H](CCC2CCC(c3ccc(-c4ccc(CCCCF)cc4)cc3)CC2)CC1. The highest BCUT2D eigenvalue weighted by atomic mass is 19.1. The van der Waals surface area contributed by atoms with Crippen LogP contribution >= 0.6 is 0 Å². The van der Waals surface area contributed by atoms with Crippen molar-refractivity contribution in [2.24, 2.45) is 17.8 Å². The van der Waals surface area contributed by atoms with Crippen molar-refractivity contribution in [1.82, 2.24) is 0 Å². The van der Waals surface area contributed by atoms with Gasteiger partial charge in [-0.05, 0) is 90.9 Å². The van der Waals surface area contributed by atoms with Gasteiger partial charge in [-0.15, -0.1) is 0 Å². The first-order chi connectivity index (χ1) is 16.7. The van der Waals surface area contributed by atoms with Crippen LogP contribution < -0.4 is 0 Å². The molecule has 2 aliphatic rings. The van der Waals surface area contributed by atoms with Crippen molar-refractivity contribution in [3.05, 3.63) is 59.7 Å². The molecule has 0 nitrogen and oxygen atoms in total. The Hall–Kier alpha value is -1.63. The quantitative estimate of drug-likeness (QED) is 0.291. The Kier molecular flexibility index (Phi) is 10.1. The van der Waals surface area contributed by atoms with Gasteiger partial charge in [-0.25, -0.2) is 0 Å². The van der Waals surface area contributed by atoms with Gasteiger partial charge in [0, 0.05) is 0 Å². The van der Waals surface area contributed by atoms with Gasteiger partial charge in [-0.3, -0.25) is 4.39 Å². The molecule has 2 aromatic rings. The summed E-state index contributed by atoms with van der Waals surface area (Å²) in [7, 11) is 0. The molecule has 0 aromatic heterocycles. The first-order valence-corrected chi connectivity index (χ1v) is 14.5. The van der Waals surface area contributed by atoms with E-state index in [0.717, 1.165) is 36.5 Å². The maximum Gasteiger partial charge on any atom is 0.0894 e. The number of hydrogen-bond donors (Lipinski definition) is 0. The van der Waals surface area contributed by atoms with Gasteiger partial charge >= 0.3 is 0 Å². The average Bonchev–Trinajstić information content (AvgIpc) is 2.89. The van der Waals surface area contributed by atoms with E-state index in [1.54, 1.807) is 5.56 Å². The molecule has 0 spiro atoms. The minimum atomic E-state index is -0.202. The Bertz CT molecular complexity index is 805. The summed E-state index contributed by atoms with van der Waals surface area (Å²) in [4.78, 5) is 0. The third-order valence-corrected chi connectivity index (χ3v) is 9.01. The second-order valence-corrected chi connectivity index (χ2v) is 11.4. The first-order valence-electron chi connectivity index (χ1n) is 14.5. The lowest BCUT2D eigenvalue weighted by Gasteiger charge is -2.32. The van der Waals surface area contributed by atoms with E-state index in [-0.39, 0.29) is 6.67 Å². The van der Waals surface area contributed by atoms with Crippen molar-refractivity contribution in [3.63, 3.8) is 0 Å². The van der Waals surface area contributed by atoms with Crippen LogP contribution in [0.3, 0.4) is 0 Å². The van der Waals surface area contributed by atoms with Gasteiger partial charge in [0.1, 0.15) is 0 Å². The van der Waals surface area contributed by atoms with E-state index in [9.17, 15) is 4.39 Å². The van der Waals surface area contributed by atoms with Crippen LogP contribution in [0.15, 0.2) is 48.5 Å². The van der Waals surface area contributed by atoms with Gasteiger partial charge in [0.15, 0.2) is 0 Å². The van der Waals surface area contributed by atoms with Crippen molar-refractivity contribution in [2.45, 2.75) is 109 Å². The number of halogens is 1. The molecule has 0 bridgehead atoms. The molecule has 0 saturated heterocycles. The maximum atomic E-state index is 12.3. The summed E-state index contributed by atoms with van der Waals surface area (Å²) in [5.74, 6) is 3.81. The second-order valence-electron chi connectivity index (χ2n) is 11.4. The van der Waals surface area contributed by atoms with Gasteiger partial charge in [0.2, 0.25) is 0 Å². The molecule has 2 saturated carbocycles. The molecule has 0 heterocycles. The topological polar surface area (TPSA) is 0 Å². The van der Waals surface area contributed by atoms with Crippen LogP contribution in [0.25, 0.3) is 11.1 Å². The van der Waals surface area contributed by atoms with Crippen molar-refractivity contribution >= 4 is 0 Å². The molecule has 0 unspecified atom stereocenters. The Morgan fingerprint density at radius 2 is 1.12 bits per heavy atom. The summed E-state index contributed by atoms with van der Waals surface area (Å²) in [6.07, 6.45) is 20.1. The zero-order chi connectivity index (χ0) is 23.6. The van der Waals surface area contributed by atoms with Crippen LogP contribution in [-0.4, -0.2) is 6.67 Å². The van der Waals surface area contributed by atoms with Gasteiger partial charge in [0.05, 0.1) is 6.67 Å². The summed E-state index contributed by atoms with van der Waals surface area (Å²) >= 11 is 0. The van der Waals surface area contributed by atoms with Gasteiger partial charge in [0.25, 0.3) is 0 Å². The van der Waals surface area contributed by atoms with Crippen LogP contribution in [-0.2, 0) is 6.42 Å². The fraction of sp³-hybridized carbons (Fsp3) is 0.636. The lowest BCUT2D eigenvalue weighted by molar-refractivity contribution is 0.224. The fourth-order valence-electron chi connectivity index (χ4n) is 6.71. The molecule has 1 heteroatoms. The van der Waals surface area contributed by atoms with E-state index < -0.39 is 0 Å². The molecule has 0 radical (unpaired) electrons. The van der Waals surface area contributed by atoms with Crippen LogP contribution in [0, 0.1) is 17.8 Å². The smallest absolute Gasteiger partial charge is 0.0894 e. The molecule has 34 heavy (non-hydrogen) atoms. The van der Waals surface area contributed by atoms with Crippen molar-refractivity contribution in [3.8, 4) is 11.1 Å². The van der Waals surface area contributed by atoms with E-state index in [4.69, 9.17) is 0 Å². The molecule has 0 aliphatic heterocycles.